The lowest BCUT2D eigenvalue weighted by Gasteiger charge is -2.21. The van der Waals surface area contributed by atoms with Crippen molar-refractivity contribution in [1.29, 1.82) is 0 Å². The van der Waals surface area contributed by atoms with Gasteiger partial charge in [0.05, 0.1) is 10.6 Å². The number of carbonyl (C=O) groups excluding carboxylic acids is 1. The van der Waals surface area contributed by atoms with Crippen LogP contribution in [0.15, 0.2) is 24.3 Å². The number of benzene rings is 1. The number of nitrogens with one attached hydrogen (secondary N) is 1. The molecular weight excluding hydrogens is 335 g/mol. The van der Waals surface area contributed by atoms with Crippen molar-refractivity contribution in [2.45, 2.75) is 39.0 Å². The molecule has 1 atom stereocenters. The first-order chi connectivity index (χ1) is 12.1. The second-order valence-corrected chi connectivity index (χ2v) is 8.33. The molecule has 1 N–H and O–H groups in total. The summed E-state index contributed by atoms with van der Waals surface area (Å²) in [5, 5.41) is 2.85. The van der Waals surface area contributed by atoms with Gasteiger partial charge in [0.15, 0.2) is 0 Å². The summed E-state index contributed by atoms with van der Waals surface area (Å²) < 4.78 is 14.4. The molecule has 0 radical (unpaired) electrons. The fraction of sp³-hybridized carbons (Fsp3) is 0.450. The summed E-state index contributed by atoms with van der Waals surface area (Å²) in [5.74, 6) is 0.108. The van der Waals surface area contributed by atoms with Gasteiger partial charge in [-0.1, -0.05) is 13.0 Å². The molecule has 1 aliphatic carbocycles. The first kappa shape index (κ1) is 16.6. The van der Waals surface area contributed by atoms with E-state index < -0.39 is 0 Å². The van der Waals surface area contributed by atoms with Crippen LogP contribution in [0, 0.1) is 11.7 Å². The number of rotatable bonds is 3. The quantitative estimate of drug-likeness (QED) is 0.849. The molecule has 1 amide bonds. The van der Waals surface area contributed by atoms with E-state index in [4.69, 9.17) is 0 Å². The fourth-order valence-corrected chi connectivity index (χ4v) is 4.95. The van der Waals surface area contributed by atoms with Gasteiger partial charge in [-0.2, -0.15) is 0 Å². The lowest BCUT2D eigenvalue weighted by atomic mass is 9.90. The Hall–Kier alpha value is -1.88. The van der Waals surface area contributed by atoms with Crippen LogP contribution >= 0.6 is 11.3 Å². The standard InChI is InChI=1S/C20H23FN2OS/c1-13-7-8-17-14(11-13)12-18(25-17)20(24)22-19-15(21)5-4-6-16(19)23-9-2-3-10-23/h4-6,12-13H,2-3,7-11H2,1H3,(H,22,24). The summed E-state index contributed by atoms with van der Waals surface area (Å²) >= 11 is 1.56. The first-order valence-electron chi connectivity index (χ1n) is 9.08. The van der Waals surface area contributed by atoms with Crippen LogP contribution in [0.2, 0.25) is 0 Å². The van der Waals surface area contributed by atoms with Gasteiger partial charge in [0.2, 0.25) is 0 Å². The first-order valence-corrected chi connectivity index (χ1v) is 9.90. The molecule has 1 aromatic carbocycles. The van der Waals surface area contributed by atoms with Crippen LogP contribution in [0.4, 0.5) is 15.8 Å². The van der Waals surface area contributed by atoms with Gasteiger partial charge in [-0.05, 0) is 61.8 Å². The molecule has 132 valence electrons. The van der Waals surface area contributed by atoms with Crippen LogP contribution in [-0.2, 0) is 12.8 Å². The molecule has 2 heterocycles. The minimum atomic E-state index is -0.368. The Kier molecular flexibility index (Phi) is 4.50. The highest BCUT2D eigenvalue weighted by molar-refractivity contribution is 7.14. The van der Waals surface area contributed by atoms with Crippen LogP contribution in [0.25, 0.3) is 0 Å². The maximum atomic E-state index is 14.4. The number of carbonyl (C=O) groups is 1. The Morgan fingerprint density at radius 3 is 2.92 bits per heavy atom. The van der Waals surface area contributed by atoms with Crippen LogP contribution < -0.4 is 10.2 Å². The van der Waals surface area contributed by atoms with E-state index in [2.05, 4.69) is 17.1 Å². The van der Waals surface area contributed by atoms with E-state index in [1.54, 1.807) is 17.4 Å². The minimum absolute atomic E-state index is 0.197. The Morgan fingerprint density at radius 2 is 2.12 bits per heavy atom. The molecular formula is C20H23FN2OS. The average molecular weight is 358 g/mol. The van der Waals surface area contributed by atoms with Gasteiger partial charge in [-0.3, -0.25) is 4.79 Å². The summed E-state index contributed by atoms with van der Waals surface area (Å²) in [5.41, 5.74) is 2.40. The van der Waals surface area contributed by atoms with Gasteiger partial charge >= 0.3 is 0 Å². The molecule has 0 saturated carbocycles. The second-order valence-electron chi connectivity index (χ2n) is 7.19. The number of nitrogens with zero attached hydrogens (tertiary/aromatic N) is 1. The summed E-state index contributed by atoms with van der Waals surface area (Å²) in [7, 11) is 0. The normalized spacial score (nSPS) is 19.8. The molecule has 2 aromatic rings. The van der Waals surface area contributed by atoms with E-state index >= 15 is 0 Å². The molecule has 1 saturated heterocycles. The number of hydrogen-bond acceptors (Lipinski definition) is 3. The Labute approximate surface area is 151 Å². The van der Waals surface area contributed by atoms with Crippen molar-refractivity contribution < 1.29 is 9.18 Å². The predicted octanol–water partition coefficient (Wildman–Crippen LogP) is 4.86. The number of aryl methyl sites for hydroxylation is 1. The average Bonchev–Trinajstić information content (AvgIpc) is 3.25. The summed E-state index contributed by atoms with van der Waals surface area (Å²) in [4.78, 5) is 16.9. The molecule has 3 nitrogen and oxygen atoms in total. The number of thiophene rings is 1. The van der Waals surface area contributed by atoms with E-state index in [0.717, 1.165) is 44.5 Å². The summed E-state index contributed by atoms with van der Waals surface area (Å²) in [6, 6.07) is 7.02. The fourth-order valence-electron chi connectivity index (χ4n) is 3.85. The van der Waals surface area contributed by atoms with Gasteiger partial charge in [0.1, 0.15) is 11.5 Å². The Morgan fingerprint density at radius 1 is 1.32 bits per heavy atom. The number of para-hydroxylation sites is 1. The molecule has 5 heteroatoms. The third-order valence-electron chi connectivity index (χ3n) is 5.23. The number of fused-ring (bicyclic) bond motifs is 1. The molecule has 2 aliphatic rings. The zero-order valence-corrected chi connectivity index (χ0v) is 15.3. The Bertz CT molecular complexity index is 795. The molecule has 4 rings (SSSR count). The highest BCUT2D eigenvalue weighted by atomic mass is 32.1. The van der Waals surface area contributed by atoms with Crippen molar-refractivity contribution in [2.75, 3.05) is 23.3 Å². The van der Waals surface area contributed by atoms with Crippen LogP contribution in [0.3, 0.4) is 0 Å². The molecule has 1 unspecified atom stereocenters. The maximum absolute atomic E-state index is 14.4. The van der Waals surface area contributed by atoms with Crippen molar-refractivity contribution in [1.82, 2.24) is 0 Å². The topological polar surface area (TPSA) is 32.3 Å². The monoisotopic (exact) mass is 358 g/mol. The minimum Gasteiger partial charge on any atom is -0.370 e. The van der Waals surface area contributed by atoms with Crippen LogP contribution in [0.1, 0.15) is 46.3 Å². The van der Waals surface area contributed by atoms with E-state index in [0.29, 0.717) is 16.5 Å². The van der Waals surface area contributed by atoms with Crippen molar-refractivity contribution in [2.24, 2.45) is 5.92 Å². The SMILES string of the molecule is CC1CCc2sc(C(=O)Nc3c(F)cccc3N3CCCC3)cc2C1. The highest BCUT2D eigenvalue weighted by Gasteiger charge is 2.23. The number of halogens is 1. The van der Waals surface area contributed by atoms with Gasteiger partial charge in [0, 0.05) is 18.0 Å². The third kappa shape index (κ3) is 3.30. The molecule has 0 bridgehead atoms. The lowest BCUT2D eigenvalue weighted by molar-refractivity contribution is 0.103. The lowest BCUT2D eigenvalue weighted by Crippen LogP contribution is -2.21. The molecule has 1 aromatic heterocycles. The van der Waals surface area contributed by atoms with Crippen molar-refractivity contribution in [3.63, 3.8) is 0 Å². The van der Waals surface area contributed by atoms with Crippen LogP contribution in [-0.4, -0.2) is 19.0 Å². The maximum Gasteiger partial charge on any atom is 0.265 e. The van der Waals surface area contributed by atoms with Gasteiger partial charge in [-0.15, -0.1) is 11.3 Å². The van der Waals surface area contributed by atoms with Crippen molar-refractivity contribution in [3.8, 4) is 0 Å². The van der Waals surface area contributed by atoms with E-state index in [1.807, 2.05) is 12.1 Å². The van der Waals surface area contributed by atoms with Gasteiger partial charge in [0.25, 0.3) is 5.91 Å². The molecule has 1 aliphatic heterocycles. The van der Waals surface area contributed by atoms with E-state index in [-0.39, 0.29) is 11.7 Å². The zero-order chi connectivity index (χ0) is 17.4. The molecule has 1 fully saturated rings. The van der Waals surface area contributed by atoms with E-state index in [9.17, 15) is 9.18 Å². The largest absolute Gasteiger partial charge is 0.370 e. The highest BCUT2D eigenvalue weighted by Crippen LogP contribution is 2.34. The van der Waals surface area contributed by atoms with Gasteiger partial charge in [-0.25, -0.2) is 4.39 Å². The summed E-state index contributed by atoms with van der Waals surface area (Å²) in [6.07, 6.45) is 5.49. The van der Waals surface area contributed by atoms with Crippen molar-refractivity contribution in [3.05, 3.63) is 45.4 Å². The number of amides is 1. The second kappa shape index (κ2) is 6.79. The number of anilines is 2. The predicted molar refractivity (Wildman–Crippen MR) is 101 cm³/mol. The smallest absolute Gasteiger partial charge is 0.265 e. The van der Waals surface area contributed by atoms with Gasteiger partial charge < -0.3 is 10.2 Å². The van der Waals surface area contributed by atoms with E-state index in [1.165, 1.54) is 22.9 Å². The molecule has 0 spiro atoms. The zero-order valence-electron chi connectivity index (χ0n) is 14.5. The molecule has 25 heavy (non-hydrogen) atoms. The van der Waals surface area contributed by atoms with Crippen molar-refractivity contribution >= 4 is 28.6 Å². The Balaban J connectivity index is 1.59. The van der Waals surface area contributed by atoms with Crippen LogP contribution in [0.5, 0.6) is 0 Å². The third-order valence-corrected chi connectivity index (χ3v) is 6.47. The number of hydrogen-bond donors (Lipinski definition) is 1. The summed E-state index contributed by atoms with van der Waals surface area (Å²) in [6.45, 7) is 4.08.